The van der Waals surface area contributed by atoms with Gasteiger partial charge in [-0.05, 0) is 70.6 Å². The van der Waals surface area contributed by atoms with Crippen LogP contribution >= 0.6 is 0 Å². The number of aliphatic hydroxyl groups is 1. The predicted molar refractivity (Wildman–Crippen MR) is 92.3 cm³/mol. The molecule has 0 aromatic rings. The maximum Gasteiger partial charge on any atom is 0.225 e. The van der Waals surface area contributed by atoms with Crippen LogP contribution in [0.25, 0.3) is 0 Å². The minimum absolute atomic E-state index is 0.110. The van der Waals surface area contributed by atoms with Crippen molar-refractivity contribution in [2.75, 3.05) is 13.1 Å². The SMILES string of the molecule is CC(C)NC(=O)C1CCC2(CCN(C(=O)CC3(O)CCC3)CC2)C1. The summed E-state index contributed by atoms with van der Waals surface area (Å²) in [6.45, 7) is 5.58. The van der Waals surface area contributed by atoms with E-state index in [9.17, 15) is 14.7 Å². The summed E-state index contributed by atoms with van der Waals surface area (Å²) in [6.07, 6.45) is 7.92. The van der Waals surface area contributed by atoms with Crippen LogP contribution in [0.1, 0.15) is 71.6 Å². The van der Waals surface area contributed by atoms with Gasteiger partial charge in [0.05, 0.1) is 12.0 Å². The molecule has 1 aliphatic heterocycles. The van der Waals surface area contributed by atoms with Crippen molar-refractivity contribution >= 4 is 11.8 Å². The predicted octanol–water partition coefficient (Wildman–Crippen LogP) is 2.22. The molecule has 5 heteroatoms. The highest BCUT2D eigenvalue weighted by molar-refractivity contribution is 5.79. The third-order valence-electron chi connectivity index (χ3n) is 6.45. The van der Waals surface area contributed by atoms with Crippen LogP contribution < -0.4 is 5.32 Å². The highest BCUT2D eigenvalue weighted by Gasteiger charge is 2.45. The van der Waals surface area contributed by atoms with Crippen molar-refractivity contribution < 1.29 is 14.7 Å². The lowest BCUT2D eigenvalue weighted by molar-refractivity contribution is -0.142. The molecule has 2 aliphatic carbocycles. The molecule has 1 saturated heterocycles. The van der Waals surface area contributed by atoms with Crippen LogP contribution in [0.3, 0.4) is 0 Å². The van der Waals surface area contributed by atoms with Gasteiger partial charge in [-0.15, -0.1) is 0 Å². The Hall–Kier alpha value is -1.10. The number of amides is 2. The summed E-state index contributed by atoms with van der Waals surface area (Å²) < 4.78 is 0. The van der Waals surface area contributed by atoms with E-state index in [0.29, 0.717) is 6.42 Å². The lowest BCUT2D eigenvalue weighted by Crippen LogP contribution is -2.47. The van der Waals surface area contributed by atoms with Crippen molar-refractivity contribution in [1.82, 2.24) is 10.2 Å². The number of likely N-dealkylation sites (tertiary alicyclic amines) is 1. The Kier molecular flexibility index (Phi) is 4.92. The molecule has 1 unspecified atom stereocenters. The van der Waals surface area contributed by atoms with E-state index in [0.717, 1.165) is 64.5 Å². The number of nitrogens with zero attached hydrogens (tertiary/aromatic N) is 1. The van der Waals surface area contributed by atoms with Crippen molar-refractivity contribution in [2.45, 2.75) is 83.3 Å². The molecule has 1 spiro atoms. The number of carbonyl (C=O) groups is 2. The lowest BCUT2D eigenvalue weighted by atomic mass is 9.75. The van der Waals surface area contributed by atoms with Gasteiger partial charge in [0, 0.05) is 25.0 Å². The molecule has 1 atom stereocenters. The van der Waals surface area contributed by atoms with E-state index in [2.05, 4.69) is 5.32 Å². The molecule has 3 aliphatic rings. The number of hydrogen-bond acceptors (Lipinski definition) is 3. The van der Waals surface area contributed by atoms with Crippen LogP contribution in [0.15, 0.2) is 0 Å². The summed E-state index contributed by atoms with van der Waals surface area (Å²) >= 11 is 0. The van der Waals surface area contributed by atoms with E-state index in [1.54, 1.807) is 0 Å². The van der Waals surface area contributed by atoms with Crippen LogP contribution in [0, 0.1) is 11.3 Å². The molecule has 3 fully saturated rings. The molecule has 0 radical (unpaired) electrons. The van der Waals surface area contributed by atoms with Crippen molar-refractivity contribution in [1.29, 1.82) is 0 Å². The smallest absolute Gasteiger partial charge is 0.225 e. The average molecular weight is 336 g/mol. The molecule has 136 valence electrons. The zero-order chi connectivity index (χ0) is 17.4. The molecule has 2 N–H and O–H groups in total. The monoisotopic (exact) mass is 336 g/mol. The van der Waals surface area contributed by atoms with E-state index < -0.39 is 5.60 Å². The van der Waals surface area contributed by atoms with Crippen molar-refractivity contribution in [3.8, 4) is 0 Å². The van der Waals surface area contributed by atoms with E-state index in [4.69, 9.17) is 0 Å². The number of rotatable bonds is 4. The fraction of sp³-hybridized carbons (Fsp3) is 0.895. The second-order valence-corrected chi connectivity index (χ2v) is 8.74. The van der Waals surface area contributed by atoms with Gasteiger partial charge in [-0.1, -0.05) is 0 Å². The van der Waals surface area contributed by atoms with Gasteiger partial charge in [-0.25, -0.2) is 0 Å². The van der Waals surface area contributed by atoms with Crippen LogP contribution in [-0.2, 0) is 9.59 Å². The van der Waals surface area contributed by atoms with Gasteiger partial charge < -0.3 is 15.3 Å². The van der Waals surface area contributed by atoms with Crippen molar-refractivity contribution in [2.24, 2.45) is 11.3 Å². The Labute approximate surface area is 145 Å². The van der Waals surface area contributed by atoms with Gasteiger partial charge in [-0.3, -0.25) is 9.59 Å². The molecule has 1 heterocycles. The Morgan fingerprint density at radius 3 is 2.38 bits per heavy atom. The molecule has 5 nitrogen and oxygen atoms in total. The second kappa shape index (κ2) is 6.66. The van der Waals surface area contributed by atoms with Gasteiger partial charge in [0.2, 0.25) is 11.8 Å². The van der Waals surface area contributed by atoms with Crippen molar-refractivity contribution in [3.05, 3.63) is 0 Å². The summed E-state index contributed by atoms with van der Waals surface area (Å²) in [4.78, 5) is 26.6. The summed E-state index contributed by atoms with van der Waals surface area (Å²) in [5.74, 6) is 0.456. The van der Waals surface area contributed by atoms with Crippen LogP contribution in [0.5, 0.6) is 0 Å². The maximum atomic E-state index is 12.4. The van der Waals surface area contributed by atoms with E-state index in [-0.39, 0.29) is 29.2 Å². The molecule has 2 amide bonds. The minimum Gasteiger partial charge on any atom is -0.389 e. The second-order valence-electron chi connectivity index (χ2n) is 8.74. The molecular weight excluding hydrogens is 304 g/mol. The number of carbonyl (C=O) groups excluding carboxylic acids is 2. The first-order valence-corrected chi connectivity index (χ1v) is 9.61. The third kappa shape index (κ3) is 3.76. The molecule has 0 aromatic heterocycles. The summed E-state index contributed by atoms with van der Waals surface area (Å²) in [5, 5.41) is 13.2. The topological polar surface area (TPSA) is 69.6 Å². The zero-order valence-electron chi connectivity index (χ0n) is 15.1. The van der Waals surface area contributed by atoms with Crippen LogP contribution in [0.4, 0.5) is 0 Å². The summed E-state index contributed by atoms with van der Waals surface area (Å²) in [7, 11) is 0. The zero-order valence-corrected chi connectivity index (χ0v) is 15.1. The third-order valence-corrected chi connectivity index (χ3v) is 6.45. The molecule has 0 aromatic carbocycles. The fourth-order valence-electron chi connectivity index (χ4n) is 4.67. The van der Waals surface area contributed by atoms with Crippen LogP contribution in [-0.4, -0.2) is 46.6 Å². The van der Waals surface area contributed by atoms with Gasteiger partial charge in [-0.2, -0.15) is 0 Å². The Morgan fingerprint density at radius 2 is 1.83 bits per heavy atom. The number of nitrogens with one attached hydrogen (secondary N) is 1. The van der Waals surface area contributed by atoms with E-state index >= 15 is 0 Å². The molecule has 0 bridgehead atoms. The number of piperidine rings is 1. The Balaban J connectivity index is 1.48. The first kappa shape index (κ1) is 17.7. The van der Waals surface area contributed by atoms with Gasteiger partial charge in [0.25, 0.3) is 0 Å². The lowest BCUT2D eigenvalue weighted by Gasteiger charge is -2.42. The highest BCUT2D eigenvalue weighted by atomic mass is 16.3. The fourth-order valence-corrected chi connectivity index (χ4v) is 4.67. The Morgan fingerprint density at radius 1 is 1.17 bits per heavy atom. The summed E-state index contributed by atoms with van der Waals surface area (Å²) in [5.41, 5.74) is -0.470. The molecule has 3 rings (SSSR count). The normalized spacial score (nSPS) is 28.0. The highest BCUT2D eigenvalue weighted by Crippen LogP contribution is 2.49. The largest absolute Gasteiger partial charge is 0.389 e. The van der Waals surface area contributed by atoms with E-state index in [1.165, 1.54) is 0 Å². The number of hydrogen-bond donors (Lipinski definition) is 2. The van der Waals surface area contributed by atoms with Gasteiger partial charge in [0.1, 0.15) is 0 Å². The summed E-state index contributed by atoms with van der Waals surface area (Å²) in [6, 6.07) is 0.200. The standard InChI is InChI=1S/C19H32N2O3/c1-14(2)20-17(23)15-4-7-18(12-15)8-10-21(11-9-18)16(22)13-19(24)5-3-6-19/h14-15,24H,3-13H2,1-2H3,(H,20,23). The quantitative estimate of drug-likeness (QED) is 0.827. The van der Waals surface area contributed by atoms with Gasteiger partial charge >= 0.3 is 0 Å². The van der Waals surface area contributed by atoms with Gasteiger partial charge in [0.15, 0.2) is 0 Å². The average Bonchev–Trinajstić information content (AvgIpc) is 2.89. The van der Waals surface area contributed by atoms with Crippen molar-refractivity contribution in [3.63, 3.8) is 0 Å². The minimum atomic E-state index is -0.723. The molecular formula is C19H32N2O3. The van der Waals surface area contributed by atoms with E-state index in [1.807, 2.05) is 18.7 Å². The first-order chi connectivity index (χ1) is 11.3. The van der Waals surface area contributed by atoms with Crippen LogP contribution in [0.2, 0.25) is 0 Å². The molecule has 24 heavy (non-hydrogen) atoms. The Bertz CT molecular complexity index is 491. The molecule has 2 saturated carbocycles. The maximum absolute atomic E-state index is 12.4. The first-order valence-electron chi connectivity index (χ1n) is 9.61.